The molecular weight excluding hydrogens is 302 g/mol. The van der Waals surface area contributed by atoms with E-state index in [1.54, 1.807) is 30.6 Å². The van der Waals surface area contributed by atoms with E-state index in [0.717, 1.165) is 4.88 Å². The number of rotatable bonds is 5. The number of methoxy groups -OCH3 is 1. The van der Waals surface area contributed by atoms with Gasteiger partial charge in [-0.15, -0.1) is 22.7 Å². The van der Waals surface area contributed by atoms with Crippen molar-refractivity contribution in [3.63, 3.8) is 0 Å². The van der Waals surface area contributed by atoms with Gasteiger partial charge in [-0.2, -0.15) is 0 Å². The lowest BCUT2D eigenvalue weighted by Crippen LogP contribution is -2.28. The summed E-state index contributed by atoms with van der Waals surface area (Å²) in [4.78, 5) is 14.9. The molecule has 0 radical (unpaired) electrons. The number of ether oxygens (including phenoxy) is 1. The normalized spacial score (nSPS) is 12.4. The Morgan fingerprint density at radius 2 is 2.16 bits per heavy atom. The Labute approximate surface area is 125 Å². The highest BCUT2D eigenvalue weighted by atomic mass is 35.5. The van der Waals surface area contributed by atoms with Crippen molar-refractivity contribution >= 4 is 40.2 Å². The fourth-order valence-corrected chi connectivity index (χ4v) is 3.55. The molecule has 2 aromatic heterocycles. The number of amides is 1. The van der Waals surface area contributed by atoms with Crippen LogP contribution in [0.2, 0.25) is 4.34 Å². The first-order chi connectivity index (χ1) is 9.10. The number of carbonyl (C=O) groups is 1. The lowest BCUT2D eigenvalue weighted by Gasteiger charge is -2.14. The summed E-state index contributed by atoms with van der Waals surface area (Å²) in [5.74, 6) is -0.118. The SMILES string of the molecule is COC(CNC(=O)c1ccc(Cl)s1)c1ccc(C)s1. The Balaban J connectivity index is 1.95. The van der Waals surface area contributed by atoms with Gasteiger partial charge in [0.2, 0.25) is 0 Å². The van der Waals surface area contributed by atoms with Gasteiger partial charge in [0.15, 0.2) is 0 Å². The molecule has 6 heteroatoms. The van der Waals surface area contributed by atoms with Crippen molar-refractivity contribution in [2.24, 2.45) is 0 Å². The number of halogens is 1. The fraction of sp³-hybridized carbons (Fsp3) is 0.308. The van der Waals surface area contributed by atoms with Gasteiger partial charge < -0.3 is 10.1 Å². The van der Waals surface area contributed by atoms with E-state index in [-0.39, 0.29) is 12.0 Å². The molecule has 0 fully saturated rings. The minimum atomic E-state index is -0.118. The van der Waals surface area contributed by atoms with E-state index in [0.29, 0.717) is 15.8 Å². The summed E-state index contributed by atoms with van der Waals surface area (Å²) in [7, 11) is 1.65. The predicted molar refractivity (Wildman–Crippen MR) is 80.5 cm³/mol. The van der Waals surface area contributed by atoms with Crippen LogP contribution in [0.1, 0.15) is 25.5 Å². The van der Waals surface area contributed by atoms with Crippen LogP contribution in [0.5, 0.6) is 0 Å². The van der Waals surface area contributed by atoms with Crippen LogP contribution in [-0.2, 0) is 4.74 Å². The first-order valence-electron chi connectivity index (χ1n) is 5.73. The largest absolute Gasteiger partial charge is 0.374 e. The Morgan fingerprint density at radius 3 is 2.68 bits per heavy atom. The van der Waals surface area contributed by atoms with E-state index >= 15 is 0 Å². The molecule has 1 N–H and O–H groups in total. The maximum Gasteiger partial charge on any atom is 0.261 e. The van der Waals surface area contributed by atoms with Crippen LogP contribution >= 0.6 is 34.3 Å². The second kappa shape index (κ2) is 6.52. The van der Waals surface area contributed by atoms with Crippen molar-refractivity contribution in [3.05, 3.63) is 43.2 Å². The highest BCUT2D eigenvalue weighted by Gasteiger charge is 2.15. The molecular formula is C13H14ClNO2S2. The van der Waals surface area contributed by atoms with Crippen LogP contribution < -0.4 is 5.32 Å². The van der Waals surface area contributed by atoms with Gasteiger partial charge in [-0.25, -0.2) is 0 Å². The first-order valence-corrected chi connectivity index (χ1v) is 7.74. The van der Waals surface area contributed by atoms with Gasteiger partial charge in [-0.05, 0) is 31.2 Å². The van der Waals surface area contributed by atoms with Crippen molar-refractivity contribution < 1.29 is 9.53 Å². The summed E-state index contributed by atoms with van der Waals surface area (Å²) in [5, 5.41) is 2.87. The molecule has 1 amide bonds. The lowest BCUT2D eigenvalue weighted by molar-refractivity contribution is 0.0841. The maximum absolute atomic E-state index is 11.9. The van der Waals surface area contributed by atoms with E-state index in [4.69, 9.17) is 16.3 Å². The van der Waals surface area contributed by atoms with Crippen LogP contribution in [0.3, 0.4) is 0 Å². The van der Waals surface area contributed by atoms with Gasteiger partial charge in [0.05, 0.1) is 9.21 Å². The summed E-state index contributed by atoms with van der Waals surface area (Å²) >= 11 is 8.76. The van der Waals surface area contributed by atoms with Crippen LogP contribution in [0.4, 0.5) is 0 Å². The standard InChI is InChI=1S/C13H14ClNO2S2/c1-8-3-4-10(18-8)9(17-2)7-15-13(16)11-5-6-12(14)19-11/h3-6,9H,7H2,1-2H3,(H,15,16). The van der Waals surface area contributed by atoms with Gasteiger partial charge in [0.1, 0.15) is 6.10 Å². The molecule has 2 rings (SSSR count). The molecule has 2 aromatic rings. The van der Waals surface area contributed by atoms with E-state index in [9.17, 15) is 4.79 Å². The molecule has 0 saturated heterocycles. The van der Waals surface area contributed by atoms with E-state index < -0.39 is 0 Å². The summed E-state index contributed by atoms with van der Waals surface area (Å²) in [6.07, 6.45) is -0.113. The summed E-state index contributed by atoms with van der Waals surface area (Å²) < 4.78 is 6.03. The van der Waals surface area contributed by atoms with Gasteiger partial charge in [0.25, 0.3) is 5.91 Å². The molecule has 0 bridgehead atoms. The Hall–Kier alpha value is -0.880. The third kappa shape index (κ3) is 3.79. The zero-order chi connectivity index (χ0) is 13.8. The smallest absolute Gasteiger partial charge is 0.261 e. The first kappa shape index (κ1) is 14.5. The molecule has 1 unspecified atom stereocenters. The third-order valence-corrected chi connectivity index (χ3v) is 4.93. The third-order valence-electron chi connectivity index (χ3n) is 2.61. The van der Waals surface area contributed by atoms with Crippen molar-refractivity contribution in [2.75, 3.05) is 13.7 Å². The topological polar surface area (TPSA) is 38.3 Å². The summed E-state index contributed by atoms with van der Waals surface area (Å²) in [6, 6.07) is 7.52. The van der Waals surface area contributed by atoms with Crippen molar-refractivity contribution in [2.45, 2.75) is 13.0 Å². The number of nitrogens with one attached hydrogen (secondary N) is 1. The lowest BCUT2D eigenvalue weighted by atomic mass is 10.3. The molecule has 3 nitrogen and oxygen atoms in total. The molecule has 0 spiro atoms. The molecule has 1 atom stereocenters. The van der Waals surface area contributed by atoms with E-state index in [2.05, 4.69) is 5.32 Å². The van der Waals surface area contributed by atoms with Crippen molar-refractivity contribution in [3.8, 4) is 0 Å². The van der Waals surface area contributed by atoms with Crippen molar-refractivity contribution in [1.29, 1.82) is 0 Å². The van der Waals surface area contributed by atoms with Crippen molar-refractivity contribution in [1.82, 2.24) is 5.32 Å². The van der Waals surface area contributed by atoms with Crippen LogP contribution in [0.25, 0.3) is 0 Å². The zero-order valence-electron chi connectivity index (χ0n) is 10.6. The fourth-order valence-electron chi connectivity index (χ4n) is 1.64. The van der Waals surface area contributed by atoms with Gasteiger partial charge in [-0.1, -0.05) is 11.6 Å². The van der Waals surface area contributed by atoms with Gasteiger partial charge in [-0.3, -0.25) is 4.79 Å². The summed E-state index contributed by atoms with van der Waals surface area (Å²) in [5.41, 5.74) is 0. The second-order valence-corrected chi connectivity index (χ2v) is 7.02. The number of carbonyl (C=O) groups excluding carboxylic acids is 1. The molecule has 19 heavy (non-hydrogen) atoms. The minimum absolute atomic E-state index is 0.113. The second-order valence-electron chi connectivity index (χ2n) is 3.99. The predicted octanol–water partition coefficient (Wildman–Crippen LogP) is 3.89. The maximum atomic E-state index is 11.9. The van der Waals surface area contributed by atoms with E-state index in [1.165, 1.54) is 16.2 Å². The van der Waals surface area contributed by atoms with Crippen LogP contribution in [0.15, 0.2) is 24.3 Å². The molecule has 0 saturated carbocycles. The van der Waals surface area contributed by atoms with E-state index in [1.807, 2.05) is 19.1 Å². The quantitative estimate of drug-likeness (QED) is 0.909. The minimum Gasteiger partial charge on any atom is -0.374 e. The molecule has 102 valence electrons. The Bertz CT molecular complexity index is 564. The van der Waals surface area contributed by atoms with Crippen LogP contribution in [0, 0.1) is 6.92 Å². The Morgan fingerprint density at radius 1 is 1.37 bits per heavy atom. The number of hydrogen-bond donors (Lipinski definition) is 1. The molecule has 0 aliphatic carbocycles. The molecule has 0 aliphatic heterocycles. The Kier molecular flexibility index (Phi) is 4.99. The average molecular weight is 316 g/mol. The summed E-state index contributed by atoms with van der Waals surface area (Å²) in [6.45, 7) is 2.50. The molecule has 0 aliphatic rings. The zero-order valence-corrected chi connectivity index (χ0v) is 13.0. The highest BCUT2D eigenvalue weighted by Crippen LogP contribution is 2.25. The monoisotopic (exact) mass is 315 g/mol. The number of thiophene rings is 2. The highest BCUT2D eigenvalue weighted by molar-refractivity contribution is 7.18. The molecule has 2 heterocycles. The number of aryl methyl sites for hydroxylation is 1. The molecule has 0 aromatic carbocycles. The number of hydrogen-bond acceptors (Lipinski definition) is 4. The average Bonchev–Trinajstić information content (AvgIpc) is 2.99. The van der Waals surface area contributed by atoms with Gasteiger partial charge >= 0.3 is 0 Å². The van der Waals surface area contributed by atoms with Gasteiger partial charge in [0, 0.05) is 23.4 Å². The van der Waals surface area contributed by atoms with Crippen LogP contribution in [-0.4, -0.2) is 19.6 Å².